The number of ketones is 1. The van der Waals surface area contributed by atoms with Gasteiger partial charge in [0.1, 0.15) is 10.7 Å². The predicted molar refractivity (Wildman–Crippen MR) is 111 cm³/mol. The fourth-order valence-electron chi connectivity index (χ4n) is 4.38. The molecule has 0 amide bonds. The second kappa shape index (κ2) is 11.3. The van der Waals surface area contributed by atoms with Gasteiger partial charge in [0.25, 0.3) is 0 Å². The predicted octanol–water partition coefficient (Wildman–Crippen LogP) is 5.04. The molecule has 0 aromatic heterocycles. The lowest BCUT2D eigenvalue weighted by Gasteiger charge is -2.39. The Morgan fingerprint density at radius 3 is 2.85 bits per heavy atom. The highest BCUT2D eigenvalue weighted by atomic mass is 32.2. The summed E-state index contributed by atoms with van der Waals surface area (Å²) >= 11 is 1.68. The Hall–Kier alpha value is -0.810. The summed E-state index contributed by atoms with van der Waals surface area (Å²) in [5, 5.41) is 11.2. The zero-order valence-electron chi connectivity index (χ0n) is 17.0. The molecule has 5 heteroatoms. The number of rotatable bonds is 11. The molecule has 0 radical (unpaired) electrons. The summed E-state index contributed by atoms with van der Waals surface area (Å²) in [7, 11) is 1.42. The number of ether oxygens (including phenoxy) is 1. The quantitative estimate of drug-likeness (QED) is 0.301. The monoisotopic (exact) mass is 396 g/mol. The van der Waals surface area contributed by atoms with Crippen molar-refractivity contribution in [2.24, 2.45) is 11.8 Å². The van der Waals surface area contributed by atoms with E-state index in [0.717, 1.165) is 51.4 Å². The van der Waals surface area contributed by atoms with Crippen molar-refractivity contribution < 1.29 is 19.4 Å². The largest absolute Gasteiger partial charge is 0.469 e. The molecule has 0 aromatic carbocycles. The van der Waals surface area contributed by atoms with E-state index in [1.54, 1.807) is 11.8 Å². The molecule has 27 heavy (non-hydrogen) atoms. The summed E-state index contributed by atoms with van der Waals surface area (Å²) in [5.41, 5.74) is 0. The first kappa shape index (κ1) is 22.5. The van der Waals surface area contributed by atoms with Crippen molar-refractivity contribution in [1.82, 2.24) is 0 Å². The van der Waals surface area contributed by atoms with Gasteiger partial charge >= 0.3 is 5.97 Å². The van der Waals surface area contributed by atoms with Gasteiger partial charge in [-0.15, -0.1) is 11.8 Å². The van der Waals surface area contributed by atoms with Gasteiger partial charge in [-0.2, -0.15) is 0 Å². The number of carbonyl (C=O) groups is 2. The van der Waals surface area contributed by atoms with E-state index in [-0.39, 0.29) is 11.9 Å². The van der Waals surface area contributed by atoms with Crippen LogP contribution in [-0.4, -0.2) is 34.2 Å². The van der Waals surface area contributed by atoms with E-state index in [0.29, 0.717) is 29.8 Å². The molecule has 4 atom stereocenters. The number of esters is 1. The fourth-order valence-corrected chi connectivity index (χ4v) is 6.19. The topological polar surface area (TPSA) is 63.6 Å². The standard InChI is InChI=1S/C22H36O4S/c1-3-4-10-14-22(25)15-13-18-17(19(23)16-20(18)27-22)11-8-6-5-7-9-12-21(24)26-2/h6,8,17-18,20,25H,3-5,7,9-16H2,1-2H3/b8-6-/t17-,18-,20-,22?/m1/s1. The minimum Gasteiger partial charge on any atom is -0.469 e. The molecule has 1 aliphatic heterocycles. The van der Waals surface area contributed by atoms with Gasteiger partial charge in [0.15, 0.2) is 0 Å². The first-order valence-electron chi connectivity index (χ1n) is 10.6. The maximum atomic E-state index is 12.5. The number of allylic oxidation sites excluding steroid dienone is 2. The van der Waals surface area contributed by atoms with Crippen LogP contribution in [0.2, 0.25) is 0 Å². The van der Waals surface area contributed by atoms with Crippen LogP contribution in [0.25, 0.3) is 0 Å². The fraction of sp³-hybridized carbons (Fsp3) is 0.818. The van der Waals surface area contributed by atoms with E-state index in [9.17, 15) is 14.7 Å². The first-order chi connectivity index (χ1) is 13.0. The van der Waals surface area contributed by atoms with Crippen molar-refractivity contribution >= 4 is 23.5 Å². The molecule has 1 heterocycles. The van der Waals surface area contributed by atoms with Crippen LogP contribution in [0, 0.1) is 11.8 Å². The zero-order chi connectivity index (χ0) is 19.7. The summed E-state index contributed by atoms with van der Waals surface area (Å²) in [6.45, 7) is 2.18. The third-order valence-corrected chi connectivity index (χ3v) is 7.67. The van der Waals surface area contributed by atoms with E-state index >= 15 is 0 Å². The highest BCUT2D eigenvalue weighted by Gasteiger charge is 2.49. The second-order valence-corrected chi connectivity index (χ2v) is 9.67. The van der Waals surface area contributed by atoms with Gasteiger partial charge in [-0.1, -0.05) is 31.9 Å². The number of methoxy groups -OCH3 is 1. The van der Waals surface area contributed by atoms with Gasteiger partial charge in [0, 0.05) is 24.0 Å². The smallest absolute Gasteiger partial charge is 0.305 e. The van der Waals surface area contributed by atoms with E-state index < -0.39 is 4.93 Å². The Morgan fingerprint density at radius 2 is 2.11 bits per heavy atom. The number of hydrogen-bond donors (Lipinski definition) is 1. The number of hydrogen-bond acceptors (Lipinski definition) is 5. The van der Waals surface area contributed by atoms with E-state index in [4.69, 9.17) is 0 Å². The Balaban J connectivity index is 1.72. The minimum atomic E-state index is -0.610. The third kappa shape index (κ3) is 6.94. The van der Waals surface area contributed by atoms with Crippen LogP contribution in [0.4, 0.5) is 0 Å². The average molecular weight is 397 g/mol. The average Bonchev–Trinajstić information content (AvgIpc) is 2.94. The summed E-state index contributed by atoms with van der Waals surface area (Å²) in [5.74, 6) is 0.795. The van der Waals surface area contributed by atoms with Crippen LogP contribution in [0.5, 0.6) is 0 Å². The molecule has 1 N–H and O–H groups in total. The molecule has 2 rings (SSSR count). The van der Waals surface area contributed by atoms with E-state index in [1.165, 1.54) is 20.0 Å². The molecule has 2 fully saturated rings. The van der Waals surface area contributed by atoms with Crippen molar-refractivity contribution in [2.75, 3.05) is 7.11 Å². The number of carbonyl (C=O) groups excluding carboxylic acids is 2. The molecular weight excluding hydrogens is 360 g/mol. The molecule has 0 aromatic rings. The number of thioether (sulfide) groups is 1. The van der Waals surface area contributed by atoms with Crippen LogP contribution in [0.3, 0.4) is 0 Å². The van der Waals surface area contributed by atoms with Crippen molar-refractivity contribution in [3.63, 3.8) is 0 Å². The van der Waals surface area contributed by atoms with Crippen LogP contribution < -0.4 is 0 Å². The highest BCUT2D eigenvalue weighted by Crippen LogP contribution is 2.52. The summed E-state index contributed by atoms with van der Waals surface area (Å²) in [6, 6.07) is 0. The van der Waals surface area contributed by atoms with Crippen LogP contribution in [0.1, 0.15) is 84.0 Å². The minimum absolute atomic E-state index is 0.133. The molecule has 154 valence electrons. The van der Waals surface area contributed by atoms with Gasteiger partial charge in [0.2, 0.25) is 0 Å². The van der Waals surface area contributed by atoms with Crippen molar-refractivity contribution in [3.8, 4) is 0 Å². The van der Waals surface area contributed by atoms with Gasteiger partial charge in [0.05, 0.1) is 7.11 Å². The molecule has 0 spiro atoms. The summed E-state index contributed by atoms with van der Waals surface area (Å²) < 4.78 is 4.64. The molecule has 1 unspecified atom stereocenters. The Kier molecular flexibility index (Phi) is 9.37. The maximum absolute atomic E-state index is 12.5. The summed E-state index contributed by atoms with van der Waals surface area (Å²) in [6.07, 6.45) is 15.1. The highest BCUT2D eigenvalue weighted by molar-refractivity contribution is 8.01. The van der Waals surface area contributed by atoms with E-state index in [1.807, 2.05) is 0 Å². The third-order valence-electron chi connectivity index (χ3n) is 6.01. The SMILES string of the molecule is CCCCCC1(O)CC[C@H]2[C@@H](CC(=O)[C@@H]2C/C=C\CCCCC(=O)OC)S1. The normalized spacial score (nSPS) is 30.6. The van der Waals surface area contributed by atoms with Gasteiger partial charge in [-0.25, -0.2) is 0 Å². The Bertz CT molecular complexity index is 518. The lowest BCUT2D eigenvalue weighted by Crippen LogP contribution is -2.36. The molecule has 1 aliphatic carbocycles. The summed E-state index contributed by atoms with van der Waals surface area (Å²) in [4.78, 5) is 23.0. The number of Topliss-reactive ketones (excluding diaryl/α,β-unsaturated/α-hetero) is 1. The van der Waals surface area contributed by atoms with E-state index in [2.05, 4.69) is 23.8 Å². The van der Waals surface area contributed by atoms with Crippen LogP contribution >= 0.6 is 11.8 Å². The number of fused-ring (bicyclic) bond motifs is 1. The molecule has 1 saturated carbocycles. The lowest BCUT2D eigenvalue weighted by molar-refractivity contribution is -0.140. The van der Waals surface area contributed by atoms with Crippen molar-refractivity contribution in [2.45, 2.75) is 94.2 Å². The van der Waals surface area contributed by atoms with Crippen LogP contribution in [-0.2, 0) is 14.3 Å². The number of aliphatic hydroxyl groups is 1. The molecule has 2 aliphatic rings. The Morgan fingerprint density at radius 1 is 1.30 bits per heavy atom. The van der Waals surface area contributed by atoms with Gasteiger partial charge < -0.3 is 9.84 Å². The number of unbranched alkanes of at least 4 members (excludes halogenated alkanes) is 4. The molecule has 0 bridgehead atoms. The van der Waals surface area contributed by atoms with Gasteiger partial charge in [-0.05, 0) is 57.3 Å². The van der Waals surface area contributed by atoms with Gasteiger partial charge in [-0.3, -0.25) is 9.59 Å². The second-order valence-electron chi connectivity index (χ2n) is 8.07. The lowest BCUT2D eigenvalue weighted by atomic mass is 9.86. The van der Waals surface area contributed by atoms with Crippen LogP contribution in [0.15, 0.2) is 12.2 Å². The molecular formula is C22H36O4S. The Labute approximate surface area is 168 Å². The molecule has 4 nitrogen and oxygen atoms in total. The van der Waals surface area contributed by atoms with Crippen molar-refractivity contribution in [1.29, 1.82) is 0 Å². The molecule has 1 saturated heterocycles. The first-order valence-corrected chi connectivity index (χ1v) is 11.5. The maximum Gasteiger partial charge on any atom is 0.305 e. The zero-order valence-corrected chi connectivity index (χ0v) is 17.8. The van der Waals surface area contributed by atoms with Crippen molar-refractivity contribution in [3.05, 3.63) is 12.2 Å².